The van der Waals surface area contributed by atoms with Gasteiger partial charge in [-0.1, -0.05) is 51.1 Å². The van der Waals surface area contributed by atoms with Gasteiger partial charge in [-0.25, -0.2) is 0 Å². The van der Waals surface area contributed by atoms with Crippen LogP contribution in [0.3, 0.4) is 0 Å². The van der Waals surface area contributed by atoms with Crippen LogP contribution in [-0.4, -0.2) is 26.4 Å². The molecular formula is C31H30N4O5. The number of anilines is 1. The highest BCUT2D eigenvalue weighted by Crippen LogP contribution is 2.28. The van der Waals surface area contributed by atoms with Crippen LogP contribution in [0.4, 0.5) is 5.69 Å². The van der Waals surface area contributed by atoms with Crippen molar-refractivity contribution >= 4 is 29.3 Å². The number of pyridine rings is 1. The lowest BCUT2D eigenvalue weighted by Gasteiger charge is -2.19. The normalized spacial score (nSPS) is 11.2. The predicted octanol–water partition coefficient (Wildman–Crippen LogP) is 5.73. The van der Waals surface area contributed by atoms with E-state index in [1.165, 1.54) is 10.5 Å². The molecule has 0 atom stereocenters. The zero-order valence-electron chi connectivity index (χ0n) is 22.9. The molecule has 0 aliphatic carbocycles. The highest BCUT2D eigenvalue weighted by molar-refractivity contribution is 6.09. The summed E-state index contributed by atoms with van der Waals surface area (Å²) < 4.78 is 7.36. The van der Waals surface area contributed by atoms with Gasteiger partial charge in [0.2, 0.25) is 5.88 Å². The molecule has 9 nitrogen and oxygen atoms in total. The Morgan fingerprint density at radius 1 is 1.07 bits per heavy atom. The van der Waals surface area contributed by atoms with Crippen molar-refractivity contribution in [3.8, 4) is 17.7 Å². The minimum atomic E-state index is -0.833. The molecular weight excluding hydrogens is 508 g/mol. The number of carboxylic acids is 1. The van der Waals surface area contributed by atoms with E-state index in [0.717, 1.165) is 18.1 Å². The van der Waals surface area contributed by atoms with Crippen LogP contribution in [0, 0.1) is 18.3 Å². The molecule has 2 aromatic heterocycles. The van der Waals surface area contributed by atoms with E-state index in [4.69, 9.17) is 14.6 Å². The number of ether oxygens (including phenoxy) is 1. The van der Waals surface area contributed by atoms with Gasteiger partial charge >= 0.3 is 0 Å². The summed E-state index contributed by atoms with van der Waals surface area (Å²) in [6.07, 6.45) is 2.79. The molecule has 2 aromatic carbocycles. The standard InChI is InChI=1S/C29H26N4O3.C2H4O2/c1-19-8-7-9-22(16-19)31-26(34)20(18-30)17-24-27(32-25-10-5-6-15-33(25)28(24)35)36-23-13-11-21(12-14-23)29(2,3)4;1-2(3)4/h5-17H,1-4H3,(H,31,34);1H3,(H,3,4)/b20-17-;. The minimum Gasteiger partial charge on any atom is -0.481 e. The Morgan fingerprint density at radius 2 is 1.75 bits per heavy atom. The van der Waals surface area contributed by atoms with Crippen molar-refractivity contribution in [2.24, 2.45) is 0 Å². The number of nitrogens with one attached hydrogen (secondary N) is 1. The summed E-state index contributed by atoms with van der Waals surface area (Å²) in [6.45, 7) is 9.32. The molecule has 1 amide bonds. The second-order valence-corrected chi connectivity index (χ2v) is 9.95. The maximum atomic E-state index is 13.4. The summed E-state index contributed by atoms with van der Waals surface area (Å²) in [4.78, 5) is 39.7. The van der Waals surface area contributed by atoms with E-state index in [1.54, 1.807) is 54.7 Å². The van der Waals surface area contributed by atoms with Gasteiger partial charge in [0.1, 0.15) is 28.6 Å². The largest absolute Gasteiger partial charge is 0.481 e. The Labute approximate surface area is 232 Å². The zero-order valence-corrected chi connectivity index (χ0v) is 22.9. The van der Waals surface area contributed by atoms with Crippen LogP contribution in [0.2, 0.25) is 0 Å². The number of aliphatic carboxylic acids is 1. The summed E-state index contributed by atoms with van der Waals surface area (Å²) in [6, 6.07) is 21.8. The predicted molar refractivity (Wildman–Crippen MR) is 153 cm³/mol. The molecule has 0 spiro atoms. The first kappa shape index (κ1) is 29.3. The summed E-state index contributed by atoms with van der Waals surface area (Å²) in [5, 5.41) is 19.8. The van der Waals surface area contributed by atoms with E-state index < -0.39 is 17.4 Å². The fourth-order valence-corrected chi connectivity index (χ4v) is 3.63. The van der Waals surface area contributed by atoms with Gasteiger partial charge in [0, 0.05) is 18.8 Å². The molecule has 204 valence electrons. The molecule has 40 heavy (non-hydrogen) atoms. The van der Waals surface area contributed by atoms with Gasteiger partial charge in [0.05, 0.1) is 0 Å². The number of carbonyl (C=O) groups is 2. The Morgan fingerprint density at radius 3 is 2.35 bits per heavy atom. The van der Waals surface area contributed by atoms with Crippen LogP contribution in [-0.2, 0) is 15.0 Å². The average Bonchev–Trinajstić information content (AvgIpc) is 2.88. The Hall–Kier alpha value is -5.23. The topological polar surface area (TPSA) is 134 Å². The van der Waals surface area contributed by atoms with Crippen LogP contribution in [0.1, 0.15) is 44.4 Å². The lowest BCUT2D eigenvalue weighted by molar-refractivity contribution is -0.134. The van der Waals surface area contributed by atoms with Crippen molar-refractivity contribution in [1.82, 2.24) is 9.38 Å². The molecule has 4 aromatic rings. The molecule has 2 N–H and O–H groups in total. The number of rotatable bonds is 5. The number of carboxylic acid groups (broad SMARTS) is 1. The maximum Gasteiger partial charge on any atom is 0.300 e. The summed E-state index contributed by atoms with van der Waals surface area (Å²) >= 11 is 0. The second kappa shape index (κ2) is 12.5. The number of aryl methyl sites for hydroxylation is 1. The van der Waals surface area contributed by atoms with Gasteiger partial charge in [0.25, 0.3) is 17.4 Å². The Balaban J connectivity index is 0.00000103. The van der Waals surface area contributed by atoms with Gasteiger partial charge < -0.3 is 15.2 Å². The van der Waals surface area contributed by atoms with Crippen LogP contribution in [0.15, 0.2) is 83.3 Å². The lowest BCUT2D eigenvalue weighted by Crippen LogP contribution is -2.20. The quantitative estimate of drug-likeness (QED) is 0.245. The lowest BCUT2D eigenvalue weighted by atomic mass is 9.87. The monoisotopic (exact) mass is 538 g/mol. The third-order valence-electron chi connectivity index (χ3n) is 5.60. The fraction of sp³-hybridized carbons (Fsp3) is 0.194. The van der Waals surface area contributed by atoms with E-state index >= 15 is 0 Å². The van der Waals surface area contributed by atoms with Crippen molar-refractivity contribution in [3.63, 3.8) is 0 Å². The van der Waals surface area contributed by atoms with Crippen LogP contribution in [0.5, 0.6) is 11.6 Å². The Kier molecular flexibility index (Phi) is 9.20. The van der Waals surface area contributed by atoms with E-state index in [1.807, 2.05) is 31.2 Å². The molecule has 0 unspecified atom stereocenters. The summed E-state index contributed by atoms with van der Waals surface area (Å²) in [5.41, 5.74) is 2.26. The molecule has 2 heterocycles. The Bertz CT molecular complexity index is 1670. The highest BCUT2D eigenvalue weighted by Gasteiger charge is 2.18. The number of benzene rings is 2. The van der Waals surface area contributed by atoms with E-state index in [9.17, 15) is 14.9 Å². The van der Waals surface area contributed by atoms with E-state index in [2.05, 4.69) is 31.1 Å². The van der Waals surface area contributed by atoms with E-state index in [-0.39, 0.29) is 22.4 Å². The number of nitrogens with zero attached hydrogens (tertiary/aromatic N) is 3. The van der Waals surface area contributed by atoms with Crippen LogP contribution < -0.4 is 15.6 Å². The zero-order chi connectivity index (χ0) is 29.4. The van der Waals surface area contributed by atoms with Crippen LogP contribution >= 0.6 is 0 Å². The molecule has 0 bridgehead atoms. The molecule has 0 saturated carbocycles. The van der Waals surface area contributed by atoms with Crippen molar-refractivity contribution < 1.29 is 19.4 Å². The molecule has 9 heteroatoms. The molecule has 0 saturated heterocycles. The number of hydrogen-bond donors (Lipinski definition) is 2. The third-order valence-corrected chi connectivity index (χ3v) is 5.60. The number of carbonyl (C=O) groups excluding carboxylic acids is 1. The number of aromatic nitrogens is 2. The van der Waals surface area contributed by atoms with Gasteiger partial charge in [-0.2, -0.15) is 10.2 Å². The molecule has 0 fully saturated rings. The fourth-order valence-electron chi connectivity index (χ4n) is 3.63. The highest BCUT2D eigenvalue weighted by atomic mass is 16.5. The first-order valence-corrected chi connectivity index (χ1v) is 12.4. The van der Waals surface area contributed by atoms with Gasteiger partial charge in [-0.05, 0) is 65.9 Å². The first-order valence-electron chi connectivity index (χ1n) is 12.4. The first-order chi connectivity index (χ1) is 18.9. The SMILES string of the molecule is CC(=O)O.Cc1cccc(NC(=O)/C(C#N)=C\c2c(Oc3ccc(C(C)(C)C)cc3)nc3ccccn3c2=O)c1. The second-order valence-electron chi connectivity index (χ2n) is 9.95. The maximum absolute atomic E-state index is 13.4. The van der Waals surface area contributed by atoms with Crippen molar-refractivity contribution in [2.75, 3.05) is 5.32 Å². The molecule has 0 radical (unpaired) electrons. The van der Waals surface area contributed by atoms with Crippen molar-refractivity contribution in [2.45, 2.75) is 40.0 Å². The van der Waals surface area contributed by atoms with E-state index in [0.29, 0.717) is 17.1 Å². The van der Waals surface area contributed by atoms with Gasteiger partial charge in [0.15, 0.2) is 0 Å². The number of fused-ring (bicyclic) bond motifs is 1. The average molecular weight is 539 g/mol. The molecule has 0 aliphatic rings. The number of nitriles is 1. The smallest absolute Gasteiger partial charge is 0.300 e. The summed E-state index contributed by atoms with van der Waals surface area (Å²) in [5.74, 6) is -0.987. The summed E-state index contributed by atoms with van der Waals surface area (Å²) in [7, 11) is 0. The number of amides is 1. The van der Waals surface area contributed by atoms with Crippen molar-refractivity contribution in [1.29, 1.82) is 5.26 Å². The van der Waals surface area contributed by atoms with Gasteiger partial charge in [-0.3, -0.25) is 18.8 Å². The molecule has 4 rings (SSSR count). The van der Waals surface area contributed by atoms with Crippen molar-refractivity contribution in [3.05, 3.63) is 106 Å². The third kappa shape index (κ3) is 7.65. The molecule has 0 aliphatic heterocycles. The van der Waals surface area contributed by atoms with Crippen LogP contribution in [0.25, 0.3) is 11.7 Å². The number of hydrogen-bond acceptors (Lipinski definition) is 6. The minimum absolute atomic E-state index is 0.00506. The van der Waals surface area contributed by atoms with Gasteiger partial charge in [-0.15, -0.1) is 0 Å².